The van der Waals surface area contributed by atoms with Gasteiger partial charge >= 0.3 is 0 Å². The van der Waals surface area contributed by atoms with Gasteiger partial charge in [-0.05, 0) is 31.2 Å². The Morgan fingerprint density at radius 1 is 1.42 bits per heavy atom. The van der Waals surface area contributed by atoms with Gasteiger partial charge in [-0.25, -0.2) is 4.98 Å². The molecule has 0 amide bonds. The van der Waals surface area contributed by atoms with E-state index in [9.17, 15) is 0 Å². The van der Waals surface area contributed by atoms with Gasteiger partial charge in [0.25, 0.3) is 0 Å². The van der Waals surface area contributed by atoms with Crippen LogP contribution in [0.3, 0.4) is 0 Å². The lowest BCUT2D eigenvalue weighted by atomic mass is 9.86. The molecular weight excluding hydrogens is 234 g/mol. The third-order valence-electron chi connectivity index (χ3n) is 4.22. The van der Waals surface area contributed by atoms with E-state index in [1.807, 2.05) is 12.5 Å². The van der Waals surface area contributed by atoms with Gasteiger partial charge in [-0.15, -0.1) is 0 Å². The Hall–Kier alpha value is -0.830. The molecular formula is C16H29N3. The van der Waals surface area contributed by atoms with Gasteiger partial charge in [0, 0.05) is 18.8 Å². The molecule has 1 fully saturated rings. The number of hydrogen-bond acceptors (Lipinski definition) is 2. The molecule has 1 unspecified atom stereocenters. The minimum absolute atomic E-state index is 0.364. The second-order valence-electron chi connectivity index (χ2n) is 6.72. The molecule has 19 heavy (non-hydrogen) atoms. The molecule has 2 rings (SSSR count). The standard InChI is InChI=1S/C16H29N3/c1-4-5-6-9-16(2,3)12-19-13-17-11-15(19)14-8-7-10-18-14/h11,13-14,18H,4-10,12H2,1-3H3. The Morgan fingerprint density at radius 2 is 2.26 bits per heavy atom. The predicted molar refractivity (Wildman–Crippen MR) is 80.1 cm³/mol. The first-order valence-electron chi connectivity index (χ1n) is 7.86. The molecule has 0 aliphatic carbocycles. The number of imidazole rings is 1. The van der Waals surface area contributed by atoms with Crippen molar-refractivity contribution in [1.29, 1.82) is 0 Å². The maximum absolute atomic E-state index is 4.37. The first kappa shape index (κ1) is 14.6. The number of nitrogens with zero attached hydrogens (tertiary/aromatic N) is 2. The molecule has 108 valence electrons. The topological polar surface area (TPSA) is 29.9 Å². The fraction of sp³-hybridized carbons (Fsp3) is 0.812. The van der Waals surface area contributed by atoms with Crippen LogP contribution in [-0.2, 0) is 6.54 Å². The Kier molecular flexibility index (Phi) is 5.03. The van der Waals surface area contributed by atoms with Crippen molar-refractivity contribution in [2.24, 2.45) is 5.41 Å². The molecule has 0 bridgehead atoms. The quantitative estimate of drug-likeness (QED) is 0.756. The molecule has 1 aromatic heterocycles. The van der Waals surface area contributed by atoms with E-state index in [0.29, 0.717) is 11.5 Å². The molecule has 1 atom stereocenters. The van der Waals surface area contributed by atoms with Gasteiger partial charge in [-0.2, -0.15) is 0 Å². The number of nitrogens with one attached hydrogen (secondary N) is 1. The highest BCUT2D eigenvalue weighted by Crippen LogP contribution is 2.29. The van der Waals surface area contributed by atoms with Crippen molar-refractivity contribution in [3.63, 3.8) is 0 Å². The first-order chi connectivity index (χ1) is 9.12. The summed E-state index contributed by atoms with van der Waals surface area (Å²) in [6, 6.07) is 0.522. The zero-order valence-corrected chi connectivity index (χ0v) is 12.8. The molecule has 2 heterocycles. The van der Waals surface area contributed by atoms with Crippen LogP contribution in [-0.4, -0.2) is 16.1 Å². The monoisotopic (exact) mass is 263 g/mol. The number of unbranched alkanes of at least 4 members (excludes halogenated alkanes) is 2. The average Bonchev–Trinajstić information content (AvgIpc) is 2.98. The summed E-state index contributed by atoms with van der Waals surface area (Å²) < 4.78 is 2.37. The van der Waals surface area contributed by atoms with E-state index in [4.69, 9.17) is 0 Å². The van der Waals surface area contributed by atoms with Gasteiger partial charge in [0.05, 0.1) is 12.0 Å². The Morgan fingerprint density at radius 3 is 2.95 bits per heavy atom. The summed E-state index contributed by atoms with van der Waals surface area (Å²) in [7, 11) is 0. The van der Waals surface area contributed by atoms with E-state index in [1.165, 1.54) is 44.2 Å². The van der Waals surface area contributed by atoms with Crippen molar-refractivity contribution in [3.8, 4) is 0 Å². The van der Waals surface area contributed by atoms with E-state index in [-0.39, 0.29) is 0 Å². The fourth-order valence-corrected chi connectivity index (χ4v) is 3.08. The molecule has 1 aliphatic heterocycles. The predicted octanol–water partition coefficient (Wildman–Crippen LogP) is 3.91. The van der Waals surface area contributed by atoms with Crippen LogP contribution >= 0.6 is 0 Å². The highest BCUT2D eigenvalue weighted by Gasteiger charge is 2.23. The highest BCUT2D eigenvalue weighted by atomic mass is 15.1. The van der Waals surface area contributed by atoms with Crippen LogP contribution in [0, 0.1) is 5.41 Å². The Labute approximate surface area is 117 Å². The Balaban J connectivity index is 1.96. The SMILES string of the molecule is CCCCCC(C)(C)Cn1cncc1C1CCCN1. The molecule has 3 heteroatoms. The summed E-state index contributed by atoms with van der Waals surface area (Å²) in [5.41, 5.74) is 1.74. The van der Waals surface area contributed by atoms with Crippen LogP contribution < -0.4 is 5.32 Å². The maximum atomic E-state index is 4.37. The number of hydrogen-bond donors (Lipinski definition) is 1. The summed E-state index contributed by atoms with van der Waals surface area (Å²) >= 11 is 0. The summed E-state index contributed by atoms with van der Waals surface area (Å²) in [6.45, 7) is 9.27. The van der Waals surface area contributed by atoms with Gasteiger partial charge in [-0.3, -0.25) is 0 Å². The molecule has 1 N–H and O–H groups in total. The van der Waals surface area contributed by atoms with Crippen LogP contribution in [0.5, 0.6) is 0 Å². The van der Waals surface area contributed by atoms with Gasteiger partial charge in [0.2, 0.25) is 0 Å². The summed E-state index contributed by atoms with van der Waals surface area (Å²) in [5.74, 6) is 0. The van der Waals surface area contributed by atoms with E-state index in [1.54, 1.807) is 0 Å². The fourth-order valence-electron chi connectivity index (χ4n) is 3.08. The van der Waals surface area contributed by atoms with Crippen molar-refractivity contribution < 1.29 is 0 Å². The third kappa shape index (κ3) is 4.07. The lowest BCUT2D eigenvalue weighted by Gasteiger charge is -2.27. The molecule has 0 radical (unpaired) electrons. The van der Waals surface area contributed by atoms with Crippen molar-refractivity contribution in [2.75, 3.05) is 6.54 Å². The smallest absolute Gasteiger partial charge is 0.0948 e. The highest BCUT2D eigenvalue weighted by molar-refractivity contribution is 5.07. The second-order valence-corrected chi connectivity index (χ2v) is 6.72. The first-order valence-corrected chi connectivity index (χ1v) is 7.86. The van der Waals surface area contributed by atoms with Gasteiger partial charge < -0.3 is 9.88 Å². The van der Waals surface area contributed by atoms with Gasteiger partial charge in [-0.1, -0.05) is 40.0 Å². The average molecular weight is 263 g/mol. The van der Waals surface area contributed by atoms with Crippen LogP contribution in [0.1, 0.15) is 71.0 Å². The minimum atomic E-state index is 0.364. The zero-order valence-electron chi connectivity index (χ0n) is 12.8. The van der Waals surface area contributed by atoms with Gasteiger partial charge in [0.1, 0.15) is 0 Å². The molecule has 0 saturated carbocycles. The normalized spacial score (nSPS) is 20.1. The molecule has 1 aliphatic rings. The van der Waals surface area contributed by atoms with E-state index in [2.05, 4.69) is 35.6 Å². The van der Waals surface area contributed by atoms with Crippen molar-refractivity contribution in [2.45, 2.75) is 71.9 Å². The van der Waals surface area contributed by atoms with E-state index < -0.39 is 0 Å². The van der Waals surface area contributed by atoms with Crippen molar-refractivity contribution in [1.82, 2.24) is 14.9 Å². The summed E-state index contributed by atoms with van der Waals surface area (Å²) in [5, 5.41) is 3.58. The van der Waals surface area contributed by atoms with Crippen LogP contribution in [0.15, 0.2) is 12.5 Å². The summed E-state index contributed by atoms with van der Waals surface area (Å²) in [6.07, 6.45) is 11.9. The Bertz CT molecular complexity index is 375. The largest absolute Gasteiger partial charge is 0.333 e. The third-order valence-corrected chi connectivity index (χ3v) is 4.22. The van der Waals surface area contributed by atoms with E-state index in [0.717, 1.165) is 13.1 Å². The summed E-state index contributed by atoms with van der Waals surface area (Å²) in [4.78, 5) is 4.37. The number of rotatable bonds is 7. The minimum Gasteiger partial charge on any atom is -0.333 e. The van der Waals surface area contributed by atoms with Crippen molar-refractivity contribution in [3.05, 3.63) is 18.2 Å². The van der Waals surface area contributed by atoms with Crippen molar-refractivity contribution >= 4 is 0 Å². The number of aromatic nitrogens is 2. The lowest BCUT2D eigenvalue weighted by molar-refractivity contribution is 0.266. The van der Waals surface area contributed by atoms with Crippen LogP contribution in [0.2, 0.25) is 0 Å². The van der Waals surface area contributed by atoms with E-state index >= 15 is 0 Å². The van der Waals surface area contributed by atoms with Crippen LogP contribution in [0.4, 0.5) is 0 Å². The zero-order chi connectivity index (χ0) is 13.7. The molecule has 3 nitrogen and oxygen atoms in total. The lowest BCUT2D eigenvalue weighted by Crippen LogP contribution is -2.23. The molecule has 0 aromatic carbocycles. The second kappa shape index (κ2) is 6.56. The molecule has 1 aromatic rings. The maximum Gasteiger partial charge on any atom is 0.0948 e. The molecule has 1 saturated heterocycles. The van der Waals surface area contributed by atoms with Gasteiger partial charge in [0.15, 0.2) is 0 Å². The molecule has 0 spiro atoms. The van der Waals surface area contributed by atoms with Crippen LogP contribution in [0.25, 0.3) is 0 Å².